The highest BCUT2D eigenvalue weighted by Gasteiger charge is 2.32. The number of anilines is 1. The maximum atomic E-state index is 12.3. The Morgan fingerprint density at radius 1 is 1.29 bits per heavy atom. The largest absolute Gasteiger partial charge is 0.495 e. The average Bonchev–Trinajstić information content (AvgIpc) is 3.12. The van der Waals surface area contributed by atoms with Crippen molar-refractivity contribution in [2.75, 3.05) is 32.6 Å². The molecule has 9 nitrogen and oxygen atoms in total. The van der Waals surface area contributed by atoms with Crippen molar-refractivity contribution in [2.45, 2.75) is 31.2 Å². The predicted octanol–water partition coefficient (Wildman–Crippen LogP) is 1.73. The molecular weight excluding hydrogens is 362 g/mol. The number of piperidine rings is 1. The molecule has 0 spiro atoms. The molecule has 2 aromatic heterocycles. The third kappa shape index (κ3) is 4.14. The standard InChI is InChI=1S/C18H23N5O2.CH2O2/c1-22-5-3-13(4-6-22)23-18-16(11-20-23)15(8-17(24)21-18)12-7-14(25-2)10-19-9-12;2-1-3/h7,9-11,13,15H,3-6,8H2,1-2H3,(H,21,24);1H,(H,2,3). The molecule has 0 bridgehead atoms. The molecule has 0 saturated carbocycles. The number of amides is 1. The van der Waals surface area contributed by atoms with E-state index in [2.05, 4.69) is 27.3 Å². The smallest absolute Gasteiger partial charge is 0.290 e. The molecule has 1 atom stereocenters. The number of fused-ring (bicyclic) bond motifs is 1. The van der Waals surface area contributed by atoms with Gasteiger partial charge in [0.2, 0.25) is 5.91 Å². The van der Waals surface area contributed by atoms with Gasteiger partial charge in [-0.3, -0.25) is 14.6 Å². The van der Waals surface area contributed by atoms with Crippen LogP contribution in [0.2, 0.25) is 0 Å². The number of likely N-dealkylation sites (tertiary alicyclic amines) is 1. The van der Waals surface area contributed by atoms with E-state index in [0.717, 1.165) is 42.9 Å². The minimum absolute atomic E-state index is 0.0231. The third-order valence-corrected chi connectivity index (χ3v) is 5.25. The SMILES string of the molecule is COc1cncc(C2CC(=O)Nc3c2cnn3C2CCN(C)CC2)c1.O=CO. The summed E-state index contributed by atoms with van der Waals surface area (Å²) in [5.41, 5.74) is 2.05. The number of hydrogen-bond acceptors (Lipinski definition) is 6. The fraction of sp³-hybridized carbons (Fsp3) is 0.474. The minimum atomic E-state index is -0.250. The molecule has 0 radical (unpaired) electrons. The van der Waals surface area contributed by atoms with Crippen LogP contribution in [-0.2, 0) is 9.59 Å². The Bertz CT molecular complexity index is 829. The highest BCUT2D eigenvalue weighted by molar-refractivity contribution is 5.94. The summed E-state index contributed by atoms with van der Waals surface area (Å²) < 4.78 is 7.30. The Kier molecular flexibility index (Phi) is 6.25. The highest BCUT2D eigenvalue weighted by Crippen LogP contribution is 2.39. The number of methoxy groups -OCH3 is 1. The van der Waals surface area contributed by atoms with Crippen LogP contribution in [0.5, 0.6) is 5.75 Å². The van der Waals surface area contributed by atoms with Gasteiger partial charge >= 0.3 is 0 Å². The summed E-state index contributed by atoms with van der Waals surface area (Å²) in [5, 5.41) is 14.6. The molecule has 0 aliphatic carbocycles. The second kappa shape index (κ2) is 8.83. The summed E-state index contributed by atoms with van der Waals surface area (Å²) in [6.45, 7) is 1.85. The van der Waals surface area contributed by atoms with Gasteiger partial charge in [0, 0.05) is 24.1 Å². The Hall–Kier alpha value is -2.94. The van der Waals surface area contributed by atoms with Crippen molar-refractivity contribution in [3.05, 3.63) is 35.8 Å². The second-order valence-electron chi connectivity index (χ2n) is 7.00. The van der Waals surface area contributed by atoms with Gasteiger partial charge in [0.25, 0.3) is 6.47 Å². The van der Waals surface area contributed by atoms with E-state index in [4.69, 9.17) is 14.6 Å². The van der Waals surface area contributed by atoms with E-state index in [9.17, 15) is 4.79 Å². The van der Waals surface area contributed by atoms with Crippen LogP contribution in [0.4, 0.5) is 5.82 Å². The molecule has 4 heterocycles. The number of pyridine rings is 1. The Balaban J connectivity index is 0.000000706. The first-order valence-electron chi connectivity index (χ1n) is 9.20. The van der Waals surface area contributed by atoms with Gasteiger partial charge in [0.1, 0.15) is 11.6 Å². The zero-order chi connectivity index (χ0) is 20.1. The molecule has 28 heavy (non-hydrogen) atoms. The van der Waals surface area contributed by atoms with E-state index < -0.39 is 0 Å². The van der Waals surface area contributed by atoms with Crippen LogP contribution in [0.15, 0.2) is 24.7 Å². The van der Waals surface area contributed by atoms with E-state index in [-0.39, 0.29) is 18.3 Å². The fourth-order valence-electron chi connectivity index (χ4n) is 3.79. The summed E-state index contributed by atoms with van der Waals surface area (Å²) in [5.74, 6) is 1.53. The normalized spacial score (nSPS) is 19.8. The molecule has 1 unspecified atom stereocenters. The van der Waals surface area contributed by atoms with E-state index in [0.29, 0.717) is 18.2 Å². The third-order valence-electron chi connectivity index (χ3n) is 5.25. The van der Waals surface area contributed by atoms with E-state index in [1.807, 2.05) is 23.1 Å². The number of carbonyl (C=O) groups excluding carboxylic acids is 1. The molecule has 2 aromatic rings. The lowest BCUT2D eigenvalue weighted by atomic mass is 9.88. The lowest BCUT2D eigenvalue weighted by molar-refractivity contribution is -0.123. The molecule has 2 N–H and O–H groups in total. The van der Waals surface area contributed by atoms with Crippen molar-refractivity contribution < 1.29 is 19.4 Å². The van der Waals surface area contributed by atoms with Gasteiger partial charge in [-0.15, -0.1) is 0 Å². The number of ether oxygens (including phenoxy) is 1. The Labute approximate surface area is 163 Å². The Morgan fingerprint density at radius 3 is 2.68 bits per heavy atom. The minimum Gasteiger partial charge on any atom is -0.495 e. The first-order chi connectivity index (χ1) is 13.6. The van der Waals surface area contributed by atoms with Crippen LogP contribution in [0.25, 0.3) is 0 Å². The van der Waals surface area contributed by atoms with Crippen LogP contribution in [0.3, 0.4) is 0 Å². The first kappa shape index (κ1) is 19.8. The van der Waals surface area contributed by atoms with E-state index in [1.54, 1.807) is 13.3 Å². The van der Waals surface area contributed by atoms with Gasteiger partial charge in [0.15, 0.2) is 0 Å². The van der Waals surface area contributed by atoms with Crippen molar-refractivity contribution in [3.63, 3.8) is 0 Å². The molecule has 2 aliphatic heterocycles. The lowest BCUT2D eigenvalue weighted by Gasteiger charge is -2.31. The molecule has 150 valence electrons. The maximum absolute atomic E-state index is 12.3. The highest BCUT2D eigenvalue weighted by atomic mass is 16.5. The number of hydrogen-bond donors (Lipinski definition) is 2. The van der Waals surface area contributed by atoms with Crippen LogP contribution in [0, 0.1) is 0 Å². The van der Waals surface area contributed by atoms with Crippen molar-refractivity contribution in [1.29, 1.82) is 0 Å². The van der Waals surface area contributed by atoms with Crippen molar-refractivity contribution >= 4 is 18.2 Å². The lowest BCUT2D eigenvalue weighted by Crippen LogP contribution is -2.33. The summed E-state index contributed by atoms with van der Waals surface area (Å²) in [7, 11) is 3.76. The van der Waals surface area contributed by atoms with Crippen LogP contribution in [0.1, 0.15) is 42.3 Å². The molecule has 4 rings (SSSR count). The van der Waals surface area contributed by atoms with Gasteiger partial charge in [-0.1, -0.05) is 0 Å². The van der Waals surface area contributed by atoms with Gasteiger partial charge < -0.3 is 20.1 Å². The van der Waals surface area contributed by atoms with Gasteiger partial charge in [-0.2, -0.15) is 5.10 Å². The van der Waals surface area contributed by atoms with Gasteiger partial charge in [-0.25, -0.2) is 4.68 Å². The number of aromatic nitrogens is 3. The first-order valence-corrected chi connectivity index (χ1v) is 9.20. The number of nitrogens with zero attached hydrogens (tertiary/aromatic N) is 4. The van der Waals surface area contributed by atoms with Crippen molar-refractivity contribution in [2.24, 2.45) is 0 Å². The summed E-state index contributed by atoms with van der Waals surface area (Å²) in [6, 6.07) is 2.29. The molecule has 1 amide bonds. The van der Waals surface area contributed by atoms with Gasteiger partial charge in [-0.05, 0) is 44.6 Å². The van der Waals surface area contributed by atoms with E-state index >= 15 is 0 Å². The van der Waals surface area contributed by atoms with Crippen molar-refractivity contribution in [1.82, 2.24) is 19.7 Å². The summed E-state index contributed by atoms with van der Waals surface area (Å²) >= 11 is 0. The molecule has 0 aromatic carbocycles. The Morgan fingerprint density at radius 2 is 2.00 bits per heavy atom. The molecule has 1 saturated heterocycles. The topological polar surface area (TPSA) is 110 Å². The zero-order valence-electron chi connectivity index (χ0n) is 16.0. The quantitative estimate of drug-likeness (QED) is 0.772. The summed E-state index contributed by atoms with van der Waals surface area (Å²) in [6.07, 6.45) is 7.88. The molecule has 2 aliphatic rings. The number of carboxylic acid groups (broad SMARTS) is 1. The van der Waals surface area contributed by atoms with Crippen LogP contribution < -0.4 is 10.1 Å². The van der Waals surface area contributed by atoms with E-state index in [1.165, 1.54) is 0 Å². The predicted molar refractivity (Wildman–Crippen MR) is 103 cm³/mol. The molecule has 9 heteroatoms. The number of carbonyl (C=O) groups is 2. The number of nitrogens with one attached hydrogen (secondary N) is 1. The number of rotatable bonds is 3. The zero-order valence-corrected chi connectivity index (χ0v) is 16.0. The average molecular weight is 387 g/mol. The van der Waals surface area contributed by atoms with Crippen LogP contribution in [-0.4, -0.2) is 64.4 Å². The summed E-state index contributed by atoms with van der Waals surface area (Å²) in [4.78, 5) is 27.3. The fourth-order valence-corrected chi connectivity index (χ4v) is 3.79. The monoisotopic (exact) mass is 387 g/mol. The maximum Gasteiger partial charge on any atom is 0.290 e. The van der Waals surface area contributed by atoms with Crippen LogP contribution >= 0.6 is 0 Å². The molecule has 1 fully saturated rings. The molecular formula is C19H25N5O4. The second-order valence-corrected chi connectivity index (χ2v) is 7.00. The van der Waals surface area contributed by atoms with Gasteiger partial charge in [0.05, 0.1) is 25.5 Å². The van der Waals surface area contributed by atoms with Crippen molar-refractivity contribution in [3.8, 4) is 5.75 Å².